The summed E-state index contributed by atoms with van der Waals surface area (Å²) in [5, 5.41) is 9.60. The van der Waals surface area contributed by atoms with Gasteiger partial charge in [-0.3, -0.25) is 4.90 Å². The predicted molar refractivity (Wildman–Crippen MR) is 55.0 cm³/mol. The maximum atomic E-state index is 9.60. The number of aliphatic hydroxyl groups is 1. The molecule has 1 aromatic rings. The zero-order chi connectivity index (χ0) is 9.97. The summed E-state index contributed by atoms with van der Waals surface area (Å²) in [5.74, 6) is 0.574. The SMILES string of the molecule is CC1CC(O)CN(Cc2cnsn2)C1. The van der Waals surface area contributed by atoms with Gasteiger partial charge in [-0.1, -0.05) is 6.92 Å². The number of rotatable bonds is 2. The molecular weight excluding hydrogens is 198 g/mol. The molecule has 1 fully saturated rings. The molecule has 1 aromatic heterocycles. The molecule has 1 N–H and O–H groups in total. The molecule has 0 spiro atoms. The van der Waals surface area contributed by atoms with Crippen LogP contribution in [-0.4, -0.2) is 37.9 Å². The normalized spacial score (nSPS) is 29.3. The van der Waals surface area contributed by atoms with E-state index in [0.29, 0.717) is 5.92 Å². The lowest BCUT2D eigenvalue weighted by Crippen LogP contribution is -2.41. The van der Waals surface area contributed by atoms with Crippen LogP contribution >= 0.6 is 11.7 Å². The Morgan fingerprint density at radius 2 is 2.50 bits per heavy atom. The van der Waals surface area contributed by atoms with Crippen LogP contribution < -0.4 is 0 Å². The van der Waals surface area contributed by atoms with E-state index >= 15 is 0 Å². The Hall–Kier alpha value is -0.520. The second-order valence-electron chi connectivity index (χ2n) is 4.09. The fourth-order valence-corrected chi connectivity index (χ4v) is 2.46. The lowest BCUT2D eigenvalue weighted by molar-refractivity contribution is 0.0404. The fourth-order valence-electron chi connectivity index (χ4n) is 2.04. The van der Waals surface area contributed by atoms with E-state index in [2.05, 4.69) is 20.6 Å². The number of piperidine rings is 1. The number of aliphatic hydroxyl groups excluding tert-OH is 1. The Bertz CT molecular complexity index is 268. The second kappa shape index (κ2) is 4.33. The van der Waals surface area contributed by atoms with Gasteiger partial charge in [-0.2, -0.15) is 8.75 Å². The van der Waals surface area contributed by atoms with Crippen molar-refractivity contribution in [1.82, 2.24) is 13.6 Å². The van der Waals surface area contributed by atoms with Gasteiger partial charge >= 0.3 is 0 Å². The van der Waals surface area contributed by atoms with Crippen LogP contribution in [0.4, 0.5) is 0 Å². The van der Waals surface area contributed by atoms with E-state index in [4.69, 9.17) is 0 Å². The number of likely N-dealkylation sites (tertiary alicyclic amines) is 1. The van der Waals surface area contributed by atoms with Crippen molar-refractivity contribution in [3.05, 3.63) is 11.9 Å². The lowest BCUT2D eigenvalue weighted by Gasteiger charge is -2.33. The van der Waals surface area contributed by atoms with Crippen molar-refractivity contribution < 1.29 is 5.11 Å². The van der Waals surface area contributed by atoms with Gasteiger partial charge in [0.15, 0.2) is 0 Å². The molecule has 78 valence electrons. The van der Waals surface area contributed by atoms with Crippen LogP contribution in [0.5, 0.6) is 0 Å². The third-order valence-electron chi connectivity index (χ3n) is 2.51. The Labute approximate surface area is 87.9 Å². The Morgan fingerprint density at radius 1 is 1.64 bits per heavy atom. The van der Waals surface area contributed by atoms with Gasteiger partial charge in [0.25, 0.3) is 0 Å². The highest BCUT2D eigenvalue weighted by atomic mass is 32.1. The Kier molecular flexibility index (Phi) is 3.10. The lowest BCUT2D eigenvalue weighted by atomic mass is 9.98. The van der Waals surface area contributed by atoms with Gasteiger partial charge in [0, 0.05) is 19.6 Å². The quantitative estimate of drug-likeness (QED) is 0.787. The molecular formula is C9H15N3OS. The van der Waals surface area contributed by atoms with E-state index < -0.39 is 0 Å². The average Bonchev–Trinajstić information content (AvgIpc) is 2.54. The third-order valence-corrected chi connectivity index (χ3v) is 3.02. The first-order valence-corrected chi connectivity index (χ1v) is 5.64. The molecule has 0 bridgehead atoms. The van der Waals surface area contributed by atoms with Crippen molar-refractivity contribution in [1.29, 1.82) is 0 Å². The van der Waals surface area contributed by atoms with E-state index in [1.54, 1.807) is 6.20 Å². The predicted octanol–water partition coefficient (Wildman–Crippen LogP) is 0.741. The number of β-amino-alcohol motifs (C(OH)–C–C–N with tert-alkyl or cyclic N) is 1. The molecule has 2 heterocycles. The highest BCUT2D eigenvalue weighted by molar-refractivity contribution is 6.99. The number of nitrogens with zero attached hydrogens (tertiary/aromatic N) is 3. The van der Waals surface area contributed by atoms with Gasteiger partial charge in [-0.25, -0.2) is 0 Å². The van der Waals surface area contributed by atoms with Crippen molar-refractivity contribution in [2.24, 2.45) is 5.92 Å². The minimum atomic E-state index is -0.176. The molecule has 0 aromatic carbocycles. The smallest absolute Gasteiger partial charge is 0.0883 e. The van der Waals surface area contributed by atoms with E-state index in [1.807, 2.05) is 0 Å². The summed E-state index contributed by atoms with van der Waals surface area (Å²) in [6.45, 7) is 4.81. The Balaban J connectivity index is 1.91. The first-order chi connectivity index (χ1) is 6.74. The van der Waals surface area contributed by atoms with Gasteiger partial charge in [0.1, 0.15) is 0 Å². The summed E-state index contributed by atoms with van der Waals surface area (Å²) in [7, 11) is 0. The van der Waals surface area contributed by atoms with Crippen LogP contribution in [0.2, 0.25) is 0 Å². The van der Waals surface area contributed by atoms with E-state index in [1.165, 1.54) is 11.7 Å². The van der Waals surface area contributed by atoms with Crippen molar-refractivity contribution in [2.45, 2.75) is 26.0 Å². The molecule has 1 aliphatic heterocycles. The molecule has 1 saturated heterocycles. The van der Waals surface area contributed by atoms with Crippen molar-refractivity contribution >= 4 is 11.7 Å². The second-order valence-corrected chi connectivity index (χ2v) is 4.64. The highest BCUT2D eigenvalue weighted by Crippen LogP contribution is 2.17. The van der Waals surface area contributed by atoms with Gasteiger partial charge in [-0.05, 0) is 12.3 Å². The third kappa shape index (κ3) is 2.50. The van der Waals surface area contributed by atoms with Crippen LogP contribution in [0.3, 0.4) is 0 Å². The molecule has 14 heavy (non-hydrogen) atoms. The number of aromatic nitrogens is 2. The summed E-state index contributed by atoms with van der Waals surface area (Å²) in [5.41, 5.74) is 1.01. The van der Waals surface area contributed by atoms with Crippen LogP contribution in [0.25, 0.3) is 0 Å². The summed E-state index contributed by atoms with van der Waals surface area (Å²) >= 11 is 1.24. The molecule has 0 aliphatic carbocycles. The molecule has 2 atom stereocenters. The minimum Gasteiger partial charge on any atom is -0.392 e. The van der Waals surface area contributed by atoms with Crippen molar-refractivity contribution in [3.8, 4) is 0 Å². The van der Waals surface area contributed by atoms with Gasteiger partial charge in [0.2, 0.25) is 0 Å². The molecule has 5 heteroatoms. The summed E-state index contributed by atoms with van der Waals surface area (Å²) < 4.78 is 8.13. The summed E-state index contributed by atoms with van der Waals surface area (Å²) in [6.07, 6.45) is 2.55. The first-order valence-electron chi connectivity index (χ1n) is 4.91. The minimum absolute atomic E-state index is 0.176. The standard InChI is InChI=1S/C9H15N3OS/c1-7-2-9(13)6-12(4-7)5-8-3-10-14-11-8/h3,7,9,13H,2,4-6H2,1H3. The molecule has 1 aliphatic rings. The molecule has 0 radical (unpaired) electrons. The Morgan fingerprint density at radius 3 is 3.14 bits per heavy atom. The zero-order valence-corrected chi connectivity index (χ0v) is 9.07. The van der Waals surface area contributed by atoms with Gasteiger partial charge in [-0.15, -0.1) is 0 Å². The monoisotopic (exact) mass is 213 g/mol. The molecule has 0 saturated carbocycles. The average molecular weight is 213 g/mol. The molecule has 0 amide bonds. The zero-order valence-electron chi connectivity index (χ0n) is 8.26. The van der Waals surface area contributed by atoms with Crippen LogP contribution in [0, 0.1) is 5.92 Å². The largest absolute Gasteiger partial charge is 0.392 e. The molecule has 2 rings (SSSR count). The number of hydrogen-bond acceptors (Lipinski definition) is 5. The van der Waals surface area contributed by atoms with Crippen molar-refractivity contribution in [2.75, 3.05) is 13.1 Å². The summed E-state index contributed by atoms with van der Waals surface area (Å²) in [6, 6.07) is 0. The highest BCUT2D eigenvalue weighted by Gasteiger charge is 2.23. The fraction of sp³-hybridized carbons (Fsp3) is 0.778. The van der Waals surface area contributed by atoms with Crippen LogP contribution in [-0.2, 0) is 6.54 Å². The van der Waals surface area contributed by atoms with E-state index in [9.17, 15) is 5.11 Å². The van der Waals surface area contributed by atoms with E-state index in [-0.39, 0.29) is 6.10 Å². The molecule has 2 unspecified atom stereocenters. The maximum Gasteiger partial charge on any atom is 0.0883 e. The molecule has 4 nitrogen and oxygen atoms in total. The maximum absolute atomic E-state index is 9.60. The van der Waals surface area contributed by atoms with Gasteiger partial charge < -0.3 is 5.11 Å². The van der Waals surface area contributed by atoms with Crippen LogP contribution in [0.1, 0.15) is 19.0 Å². The van der Waals surface area contributed by atoms with Crippen molar-refractivity contribution in [3.63, 3.8) is 0 Å². The number of hydrogen-bond donors (Lipinski definition) is 1. The van der Waals surface area contributed by atoms with Gasteiger partial charge in [0.05, 0.1) is 29.7 Å². The first kappa shape index (κ1) is 10.0. The van der Waals surface area contributed by atoms with E-state index in [0.717, 1.165) is 31.7 Å². The topological polar surface area (TPSA) is 49.2 Å². The van der Waals surface area contributed by atoms with Crippen LogP contribution in [0.15, 0.2) is 6.20 Å². The summed E-state index contributed by atoms with van der Waals surface area (Å²) in [4.78, 5) is 2.25.